The number of nitrogens with one attached hydrogen (secondary N) is 2. The molecule has 0 aromatic carbocycles. The van der Waals surface area contributed by atoms with Crippen LogP contribution in [0.5, 0.6) is 0 Å². The van der Waals surface area contributed by atoms with Crippen LogP contribution in [0.2, 0.25) is 0 Å². The summed E-state index contributed by atoms with van der Waals surface area (Å²) in [5.41, 5.74) is 0. The number of hydrogen-bond donors (Lipinski definition) is 2. The number of amides is 1. The fraction of sp³-hybridized carbons (Fsp3) is 0.692. The van der Waals surface area contributed by atoms with Crippen molar-refractivity contribution in [1.29, 1.82) is 0 Å². The number of unbranched alkanes of at least 4 members (excludes halogenated alkanes) is 1. The molecule has 2 N–H and O–H groups in total. The molecule has 0 saturated heterocycles. The van der Waals surface area contributed by atoms with Gasteiger partial charge in [-0.25, -0.2) is 4.98 Å². The molecule has 1 rings (SSSR count). The number of aromatic nitrogens is 2. The molecule has 0 spiro atoms. The highest BCUT2D eigenvalue weighted by atomic mass is 35.5. The van der Waals surface area contributed by atoms with E-state index >= 15 is 0 Å². The van der Waals surface area contributed by atoms with Crippen molar-refractivity contribution in [3.8, 4) is 0 Å². The number of rotatable bonds is 8. The summed E-state index contributed by atoms with van der Waals surface area (Å²) in [6, 6.07) is 0. The van der Waals surface area contributed by atoms with Crippen LogP contribution in [0.1, 0.15) is 25.6 Å². The number of imidazole rings is 1. The van der Waals surface area contributed by atoms with Crippen molar-refractivity contribution >= 4 is 30.7 Å². The van der Waals surface area contributed by atoms with E-state index < -0.39 is 0 Å². The van der Waals surface area contributed by atoms with Crippen LogP contribution in [0.25, 0.3) is 0 Å². The van der Waals surface area contributed by atoms with E-state index in [-0.39, 0.29) is 36.6 Å². The Morgan fingerprint density at radius 3 is 2.65 bits per heavy atom. The van der Waals surface area contributed by atoms with Gasteiger partial charge in [-0.15, -0.1) is 24.8 Å². The summed E-state index contributed by atoms with van der Waals surface area (Å²) >= 11 is 0. The van der Waals surface area contributed by atoms with Crippen LogP contribution < -0.4 is 10.6 Å². The molecule has 0 aliphatic heterocycles. The topological polar surface area (TPSA) is 59.0 Å². The molecule has 1 aromatic heterocycles. The predicted molar refractivity (Wildman–Crippen MR) is 86.8 cm³/mol. The maximum absolute atomic E-state index is 11.6. The highest BCUT2D eigenvalue weighted by Gasteiger charge is 2.10. The Bertz CT molecular complexity index is 371. The monoisotopic (exact) mass is 324 g/mol. The standard InChI is InChI=1S/C13H24N4O.2ClH/c1-11(10-14-3)13(18)16-6-4-5-8-17-9-7-15-12(17)2;;/h7,9,11,14H,4-6,8,10H2,1-3H3,(H,16,18);2*1H. The summed E-state index contributed by atoms with van der Waals surface area (Å²) in [5.74, 6) is 1.20. The lowest BCUT2D eigenvalue weighted by molar-refractivity contribution is -0.124. The molecule has 1 amide bonds. The molecule has 7 heteroatoms. The summed E-state index contributed by atoms with van der Waals surface area (Å²) in [4.78, 5) is 15.8. The van der Waals surface area contributed by atoms with E-state index in [4.69, 9.17) is 0 Å². The lowest BCUT2D eigenvalue weighted by Gasteiger charge is -2.11. The van der Waals surface area contributed by atoms with Crippen LogP contribution in [-0.2, 0) is 11.3 Å². The van der Waals surface area contributed by atoms with Crippen molar-refractivity contribution in [2.24, 2.45) is 5.92 Å². The summed E-state index contributed by atoms with van der Waals surface area (Å²) in [5, 5.41) is 5.96. The van der Waals surface area contributed by atoms with Gasteiger partial charge in [-0.1, -0.05) is 6.92 Å². The Labute approximate surface area is 133 Å². The smallest absolute Gasteiger partial charge is 0.224 e. The molecule has 0 aliphatic carbocycles. The van der Waals surface area contributed by atoms with Crippen LogP contribution in [0.3, 0.4) is 0 Å². The van der Waals surface area contributed by atoms with Gasteiger partial charge in [0.25, 0.3) is 0 Å². The van der Waals surface area contributed by atoms with Gasteiger partial charge in [0, 0.05) is 37.9 Å². The molecular formula is C13H26Cl2N4O. The predicted octanol–water partition coefficient (Wildman–Crippen LogP) is 1.79. The molecule has 1 aromatic rings. The molecule has 20 heavy (non-hydrogen) atoms. The Balaban J connectivity index is 0. The SMILES string of the molecule is CNCC(C)C(=O)NCCCCn1ccnc1C.Cl.Cl. The van der Waals surface area contributed by atoms with Gasteiger partial charge in [-0.2, -0.15) is 0 Å². The first kappa shape index (κ1) is 21.5. The first-order valence-electron chi connectivity index (χ1n) is 6.55. The van der Waals surface area contributed by atoms with Crippen molar-refractivity contribution in [2.45, 2.75) is 33.2 Å². The number of aryl methyl sites for hydroxylation is 2. The van der Waals surface area contributed by atoms with E-state index in [2.05, 4.69) is 20.2 Å². The molecule has 0 aliphatic rings. The van der Waals surface area contributed by atoms with Crippen molar-refractivity contribution in [1.82, 2.24) is 20.2 Å². The number of carbonyl (C=O) groups excluding carboxylic acids is 1. The molecule has 0 saturated carbocycles. The zero-order valence-corrected chi connectivity index (χ0v) is 14.0. The summed E-state index contributed by atoms with van der Waals surface area (Å²) in [7, 11) is 1.86. The second-order valence-corrected chi connectivity index (χ2v) is 4.62. The van der Waals surface area contributed by atoms with Crippen molar-refractivity contribution in [3.05, 3.63) is 18.2 Å². The van der Waals surface area contributed by atoms with E-state index in [9.17, 15) is 4.79 Å². The van der Waals surface area contributed by atoms with E-state index in [0.29, 0.717) is 0 Å². The van der Waals surface area contributed by atoms with Crippen molar-refractivity contribution in [2.75, 3.05) is 20.1 Å². The van der Waals surface area contributed by atoms with Gasteiger partial charge in [0.2, 0.25) is 5.91 Å². The van der Waals surface area contributed by atoms with Crippen LogP contribution >= 0.6 is 24.8 Å². The van der Waals surface area contributed by atoms with Crippen LogP contribution in [0, 0.1) is 12.8 Å². The lowest BCUT2D eigenvalue weighted by atomic mass is 10.1. The zero-order chi connectivity index (χ0) is 13.4. The number of halogens is 2. The first-order valence-corrected chi connectivity index (χ1v) is 6.55. The molecule has 118 valence electrons. The maximum Gasteiger partial charge on any atom is 0.224 e. The number of hydrogen-bond acceptors (Lipinski definition) is 3. The Hall–Kier alpha value is -0.780. The molecule has 0 fully saturated rings. The third-order valence-corrected chi connectivity index (χ3v) is 3.01. The van der Waals surface area contributed by atoms with Crippen LogP contribution in [0.4, 0.5) is 0 Å². The fourth-order valence-electron chi connectivity index (χ4n) is 1.83. The molecule has 0 bridgehead atoms. The zero-order valence-electron chi connectivity index (χ0n) is 12.4. The largest absolute Gasteiger partial charge is 0.356 e. The minimum atomic E-state index is 0. The summed E-state index contributed by atoms with van der Waals surface area (Å²) in [6.07, 6.45) is 5.85. The third-order valence-electron chi connectivity index (χ3n) is 3.01. The first-order chi connectivity index (χ1) is 8.65. The van der Waals surface area contributed by atoms with Gasteiger partial charge in [-0.3, -0.25) is 4.79 Å². The fourth-order valence-corrected chi connectivity index (χ4v) is 1.83. The molecule has 0 radical (unpaired) electrons. The molecule has 1 atom stereocenters. The summed E-state index contributed by atoms with van der Waals surface area (Å²) < 4.78 is 2.13. The second-order valence-electron chi connectivity index (χ2n) is 4.62. The normalized spacial score (nSPS) is 11.2. The Morgan fingerprint density at radius 2 is 2.10 bits per heavy atom. The van der Waals surface area contributed by atoms with Gasteiger partial charge in [0.1, 0.15) is 5.82 Å². The molecule has 5 nitrogen and oxygen atoms in total. The van der Waals surface area contributed by atoms with Gasteiger partial charge in [-0.05, 0) is 26.8 Å². The number of nitrogens with zero attached hydrogens (tertiary/aromatic N) is 2. The maximum atomic E-state index is 11.6. The van der Waals surface area contributed by atoms with E-state index in [1.165, 1.54) is 0 Å². The van der Waals surface area contributed by atoms with Crippen molar-refractivity contribution < 1.29 is 4.79 Å². The van der Waals surface area contributed by atoms with Gasteiger partial charge in [0.05, 0.1) is 0 Å². The highest BCUT2D eigenvalue weighted by Crippen LogP contribution is 1.99. The van der Waals surface area contributed by atoms with E-state index in [0.717, 1.165) is 38.3 Å². The van der Waals surface area contributed by atoms with E-state index in [1.807, 2.05) is 33.3 Å². The van der Waals surface area contributed by atoms with Gasteiger partial charge >= 0.3 is 0 Å². The van der Waals surface area contributed by atoms with Crippen LogP contribution in [-0.4, -0.2) is 35.6 Å². The third kappa shape index (κ3) is 7.72. The van der Waals surface area contributed by atoms with E-state index in [1.54, 1.807) is 0 Å². The molecular weight excluding hydrogens is 299 g/mol. The van der Waals surface area contributed by atoms with Gasteiger partial charge in [0.15, 0.2) is 0 Å². The second kappa shape index (κ2) is 12.0. The Kier molecular flexibility index (Phi) is 12.9. The van der Waals surface area contributed by atoms with Gasteiger partial charge < -0.3 is 15.2 Å². The van der Waals surface area contributed by atoms with Crippen LogP contribution in [0.15, 0.2) is 12.4 Å². The highest BCUT2D eigenvalue weighted by molar-refractivity contribution is 5.85. The minimum Gasteiger partial charge on any atom is -0.356 e. The quantitative estimate of drug-likeness (QED) is 0.717. The minimum absolute atomic E-state index is 0. The lowest BCUT2D eigenvalue weighted by Crippen LogP contribution is -2.34. The molecule has 1 unspecified atom stereocenters. The average molecular weight is 325 g/mol. The Morgan fingerprint density at radius 1 is 1.40 bits per heavy atom. The number of carbonyl (C=O) groups is 1. The average Bonchev–Trinajstić information content (AvgIpc) is 2.74. The van der Waals surface area contributed by atoms with Crippen molar-refractivity contribution in [3.63, 3.8) is 0 Å². The molecule has 1 heterocycles. The summed E-state index contributed by atoms with van der Waals surface area (Å²) in [6.45, 7) is 6.37.